The van der Waals surface area contributed by atoms with Crippen LogP contribution in [0.2, 0.25) is 0 Å². The van der Waals surface area contributed by atoms with Crippen LogP contribution in [0.4, 0.5) is 0 Å². The number of nitrogens with zero attached hydrogens (tertiary/aromatic N) is 1. The van der Waals surface area contributed by atoms with E-state index in [0.717, 1.165) is 10.7 Å². The zero-order valence-corrected chi connectivity index (χ0v) is 12.8. The van der Waals surface area contributed by atoms with Gasteiger partial charge < -0.3 is 11.1 Å². The van der Waals surface area contributed by atoms with Crippen LogP contribution in [0.5, 0.6) is 0 Å². The van der Waals surface area contributed by atoms with Crippen LogP contribution >= 0.6 is 11.3 Å². The Balaban J connectivity index is 2.77. The highest BCUT2D eigenvalue weighted by Crippen LogP contribution is 2.29. The number of thiazole rings is 1. The maximum atomic E-state index is 12.3. The van der Waals surface area contributed by atoms with Gasteiger partial charge in [-0.25, -0.2) is 4.98 Å². The molecular weight excluding hydrogens is 246 g/mol. The Morgan fingerprint density at radius 2 is 2.00 bits per heavy atom. The Morgan fingerprint density at radius 3 is 2.39 bits per heavy atom. The summed E-state index contributed by atoms with van der Waals surface area (Å²) in [5.74, 6) is -0.0460. The molecule has 0 aliphatic heterocycles. The maximum absolute atomic E-state index is 12.3. The average molecular weight is 269 g/mol. The summed E-state index contributed by atoms with van der Waals surface area (Å²) in [5, 5.41) is 5.89. The maximum Gasteiger partial charge on any atom is 0.228 e. The van der Waals surface area contributed by atoms with E-state index < -0.39 is 11.0 Å². The van der Waals surface area contributed by atoms with Gasteiger partial charge in [0.05, 0.1) is 11.5 Å². The molecule has 3 N–H and O–H groups in total. The van der Waals surface area contributed by atoms with Crippen LogP contribution < -0.4 is 11.1 Å². The molecule has 1 atom stereocenters. The third kappa shape index (κ3) is 3.09. The summed E-state index contributed by atoms with van der Waals surface area (Å²) in [4.78, 5) is 16.7. The topological polar surface area (TPSA) is 68.0 Å². The number of hydrogen-bond acceptors (Lipinski definition) is 4. The van der Waals surface area contributed by atoms with E-state index in [1.165, 1.54) is 0 Å². The lowest BCUT2D eigenvalue weighted by Crippen LogP contribution is -2.55. The van der Waals surface area contributed by atoms with Crippen molar-refractivity contribution in [2.24, 2.45) is 11.1 Å². The number of aromatic nitrogens is 1. The first-order valence-electron chi connectivity index (χ1n) is 6.07. The monoisotopic (exact) mass is 269 g/mol. The summed E-state index contributed by atoms with van der Waals surface area (Å²) in [6.07, 6.45) is 0. The molecule has 0 fully saturated rings. The molecule has 0 bridgehead atoms. The Labute approximate surface area is 113 Å². The van der Waals surface area contributed by atoms with Crippen LogP contribution in [0.1, 0.15) is 51.4 Å². The largest absolute Gasteiger partial charge is 0.347 e. The molecule has 4 nitrogen and oxygen atoms in total. The number of amides is 1. The molecule has 0 aliphatic rings. The fraction of sp³-hybridized carbons (Fsp3) is 0.692. The van der Waals surface area contributed by atoms with Gasteiger partial charge in [-0.3, -0.25) is 4.79 Å². The summed E-state index contributed by atoms with van der Waals surface area (Å²) in [6, 6.07) is -0.0853. The molecule has 0 aromatic carbocycles. The van der Waals surface area contributed by atoms with Crippen LogP contribution in [-0.2, 0) is 4.79 Å². The lowest BCUT2D eigenvalue weighted by atomic mass is 9.74. The van der Waals surface area contributed by atoms with Crippen molar-refractivity contribution in [2.75, 3.05) is 0 Å². The quantitative estimate of drug-likeness (QED) is 0.882. The number of aryl methyl sites for hydroxylation is 1. The van der Waals surface area contributed by atoms with E-state index >= 15 is 0 Å². The molecular formula is C13H23N3OS. The number of nitrogens with one attached hydrogen (secondary N) is 1. The van der Waals surface area contributed by atoms with Crippen LogP contribution in [0.15, 0.2) is 5.38 Å². The standard InChI is InChI=1S/C13H23N3OS/c1-8-7-18-10(15-8)9(2)16-11(17)12(3,4)13(5,6)14/h7,9H,14H2,1-6H3,(H,16,17). The third-order valence-electron chi connectivity index (χ3n) is 3.53. The van der Waals surface area contributed by atoms with Gasteiger partial charge in [-0.2, -0.15) is 0 Å². The molecule has 1 heterocycles. The minimum atomic E-state index is -0.631. The van der Waals surface area contributed by atoms with Crippen LogP contribution in [0, 0.1) is 12.3 Å². The molecule has 0 radical (unpaired) electrons. The highest BCUT2D eigenvalue weighted by Gasteiger charge is 2.40. The molecule has 1 amide bonds. The third-order valence-corrected chi connectivity index (χ3v) is 4.68. The van der Waals surface area contributed by atoms with Crippen LogP contribution in [0.3, 0.4) is 0 Å². The van der Waals surface area contributed by atoms with Crippen molar-refractivity contribution in [2.45, 2.75) is 53.1 Å². The fourth-order valence-electron chi connectivity index (χ4n) is 1.30. The van der Waals surface area contributed by atoms with E-state index in [1.54, 1.807) is 11.3 Å². The summed E-state index contributed by atoms with van der Waals surface area (Å²) < 4.78 is 0. The van der Waals surface area contributed by atoms with E-state index in [1.807, 2.05) is 46.9 Å². The Bertz CT molecular complexity index is 432. The Kier molecular flexibility index (Phi) is 4.18. The molecule has 0 spiro atoms. The van der Waals surface area contributed by atoms with Crippen molar-refractivity contribution in [3.8, 4) is 0 Å². The molecule has 0 saturated heterocycles. The Hall–Kier alpha value is -0.940. The smallest absolute Gasteiger partial charge is 0.228 e. The highest BCUT2D eigenvalue weighted by molar-refractivity contribution is 7.09. The van der Waals surface area contributed by atoms with Gasteiger partial charge >= 0.3 is 0 Å². The van der Waals surface area contributed by atoms with E-state index in [-0.39, 0.29) is 11.9 Å². The summed E-state index contributed by atoms with van der Waals surface area (Å²) >= 11 is 1.56. The second-order valence-corrected chi connectivity index (χ2v) is 6.76. The number of hydrogen-bond donors (Lipinski definition) is 2. The zero-order valence-electron chi connectivity index (χ0n) is 12.0. The average Bonchev–Trinajstić information content (AvgIpc) is 2.62. The lowest BCUT2D eigenvalue weighted by Gasteiger charge is -2.37. The number of carbonyl (C=O) groups is 1. The van der Waals surface area contributed by atoms with Crippen LogP contribution in [0.25, 0.3) is 0 Å². The van der Waals surface area contributed by atoms with Crippen molar-refractivity contribution >= 4 is 17.2 Å². The van der Waals surface area contributed by atoms with Gasteiger partial charge in [0.1, 0.15) is 5.01 Å². The first-order chi connectivity index (χ1) is 8.05. The molecule has 18 heavy (non-hydrogen) atoms. The van der Waals surface area contributed by atoms with Gasteiger partial charge in [0.25, 0.3) is 0 Å². The second-order valence-electron chi connectivity index (χ2n) is 5.87. The predicted molar refractivity (Wildman–Crippen MR) is 75.5 cm³/mol. The van der Waals surface area contributed by atoms with E-state index in [2.05, 4.69) is 10.3 Å². The number of carbonyl (C=O) groups excluding carboxylic acids is 1. The van der Waals surface area contributed by atoms with Crippen molar-refractivity contribution in [3.63, 3.8) is 0 Å². The van der Waals surface area contributed by atoms with E-state index in [4.69, 9.17) is 5.73 Å². The summed E-state index contributed by atoms with van der Waals surface area (Å²) in [6.45, 7) is 11.3. The van der Waals surface area contributed by atoms with Crippen molar-refractivity contribution in [1.29, 1.82) is 0 Å². The normalized spacial score (nSPS) is 14.4. The molecule has 1 aromatic rings. The van der Waals surface area contributed by atoms with Crippen LogP contribution in [-0.4, -0.2) is 16.4 Å². The van der Waals surface area contributed by atoms with Crippen molar-refractivity contribution in [3.05, 3.63) is 16.1 Å². The van der Waals surface area contributed by atoms with E-state index in [9.17, 15) is 4.79 Å². The minimum Gasteiger partial charge on any atom is -0.347 e. The summed E-state index contributed by atoms with van der Waals surface area (Å²) in [5.41, 5.74) is 5.83. The molecule has 1 rings (SSSR count). The predicted octanol–water partition coefficient (Wildman–Crippen LogP) is 2.39. The van der Waals surface area contributed by atoms with Gasteiger partial charge in [0, 0.05) is 16.6 Å². The zero-order chi connectivity index (χ0) is 14.1. The van der Waals surface area contributed by atoms with Gasteiger partial charge in [-0.1, -0.05) is 0 Å². The highest BCUT2D eigenvalue weighted by atomic mass is 32.1. The molecule has 0 saturated carbocycles. The van der Waals surface area contributed by atoms with Gasteiger partial charge in [0.2, 0.25) is 5.91 Å². The van der Waals surface area contributed by atoms with E-state index in [0.29, 0.717) is 0 Å². The molecule has 1 unspecified atom stereocenters. The molecule has 0 aliphatic carbocycles. The van der Waals surface area contributed by atoms with Gasteiger partial charge in [-0.05, 0) is 41.5 Å². The first-order valence-corrected chi connectivity index (χ1v) is 6.95. The minimum absolute atomic E-state index is 0.0460. The lowest BCUT2D eigenvalue weighted by molar-refractivity contribution is -0.132. The number of rotatable bonds is 4. The van der Waals surface area contributed by atoms with Crippen molar-refractivity contribution in [1.82, 2.24) is 10.3 Å². The SMILES string of the molecule is Cc1csc(C(C)NC(=O)C(C)(C)C(C)(C)N)n1. The molecule has 5 heteroatoms. The summed E-state index contributed by atoms with van der Waals surface area (Å²) in [7, 11) is 0. The Morgan fingerprint density at radius 1 is 1.44 bits per heavy atom. The number of nitrogens with two attached hydrogens (primary N) is 1. The second kappa shape index (κ2) is 4.97. The van der Waals surface area contributed by atoms with Crippen molar-refractivity contribution < 1.29 is 4.79 Å². The molecule has 1 aromatic heterocycles. The van der Waals surface area contributed by atoms with Gasteiger partial charge in [0.15, 0.2) is 0 Å². The molecule has 102 valence electrons. The fourth-order valence-corrected chi connectivity index (χ4v) is 2.11. The first kappa shape index (κ1) is 15.1. The van der Waals surface area contributed by atoms with Gasteiger partial charge in [-0.15, -0.1) is 11.3 Å².